The fourth-order valence-corrected chi connectivity index (χ4v) is 3.35. The molecular formula is C19H24N2OS. The lowest BCUT2D eigenvalue weighted by Crippen LogP contribution is -2.14. The first kappa shape index (κ1) is 17.4. The third-order valence-electron chi connectivity index (χ3n) is 3.38. The second-order valence-corrected chi connectivity index (χ2v) is 8.62. The smallest absolute Gasteiger partial charge is 0.256 e. The number of nitrogens with two attached hydrogens (primary N) is 1. The van der Waals surface area contributed by atoms with E-state index in [0.717, 1.165) is 16.8 Å². The molecule has 122 valence electrons. The van der Waals surface area contributed by atoms with Crippen LogP contribution in [-0.2, 0) is 0 Å². The topological polar surface area (TPSA) is 55.1 Å². The average Bonchev–Trinajstić information content (AvgIpc) is 2.42. The summed E-state index contributed by atoms with van der Waals surface area (Å²) in [5.74, 6) is -0.130. The van der Waals surface area contributed by atoms with Crippen molar-refractivity contribution >= 4 is 29.0 Å². The Bertz CT molecular complexity index is 733. The molecule has 0 aliphatic carbocycles. The van der Waals surface area contributed by atoms with E-state index in [0.29, 0.717) is 11.3 Å². The molecular weight excluding hydrogens is 304 g/mol. The number of carbonyl (C=O) groups is 1. The van der Waals surface area contributed by atoms with Gasteiger partial charge in [-0.2, -0.15) is 0 Å². The molecule has 0 aliphatic rings. The number of nitrogens with one attached hydrogen (secondary N) is 1. The Morgan fingerprint density at radius 1 is 1.04 bits per heavy atom. The Labute approximate surface area is 142 Å². The second kappa shape index (κ2) is 6.67. The lowest BCUT2D eigenvalue weighted by Gasteiger charge is -2.18. The lowest BCUT2D eigenvalue weighted by molar-refractivity contribution is 0.102. The predicted molar refractivity (Wildman–Crippen MR) is 100 cm³/mol. The van der Waals surface area contributed by atoms with Crippen LogP contribution in [0.4, 0.5) is 11.4 Å². The fraction of sp³-hybridized carbons (Fsp3) is 0.316. The highest BCUT2D eigenvalue weighted by atomic mass is 32.2. The van der Waals surface area contributed by atoms with Crippen molar-refractivity contribution in [3.8, 4) is 0 Å². The van der Waals surface area contributed by atoms with Gasteiger partial charge >= 0.3 is 0 Å². The van der Waals surface area contributed by atoms with Crippen LogP contribution in [0.15, 0.2) is 41.3 Å². The molecule has 0 atom stereocenters. The third kappa shape index (κ3) is 4.76. The van der Waals surface area contributed by atoms with Crippen LogP contribution in [0.5, 0.6) is 0 Å². The number of hydrogen-bond donors (Lipinski definition) is 2. The van der Waals surface area contributed by atoms with Gasteiger partial charge in [-0.1, -0.05) is 26.8 Å². The van der Waals surface area contributed by atoms with Gasteiger partial charge in [0, 0.05) is 26.6 Å². The van der Waals surface area contributed by atoms with Gasteiger partial charge in [0.1, 0.15) is 0 Å². The number of aryl methyl sites for hydroxylation is 2. The maximum atomic E-state index is 12.5. The van der Waals surface area contributed by atoms with Crippen LogP contribution in [0.1, 0.15) is 42.3 Å². The summed E-state index contributed by atoms with van der Waals surface area (Å²) in [5, 5.41) is 2.98. The maximum absolute atomic E-state index is 12.5. The van der Waals surface area contributed by atoms with Gasteiger partial charge in [0.2, 0.25) is 0 Å². The van der Waals surface area contributed by atoms with Gasteiger partial charge in [-0.05, 0) is 55.3 Å². The largest absolute Gasteiger partial charge is 0.399 e. The summed E-state index contributed by atoms with van der Waals surface area (Å²) in [6.07, 6.45) is 0. The Kier molecular flexibility index (Phi) is 5.05. The Balaban J connectivity index is 2.20. The van der Waals surface area contributed by atoms with Crippen molar-refractivity contribution in [1.29, 1.82) is 0 Å². The molecule has 3 nitrogen and oxygen atoms in total. The van der Waals surface area contributed by atoms with Crippen molar-refractivity contribution in [3.05, 3.63) is 53.1 Å². The van der Waals surface area contributed by atoms with E-state index < -0.39 is 0 Å². The van der Waals surface area contributed by atoms with Crippen LogP contribution in [0.25, 0.3) is 0 Å². The minimum atomic E-state index is -0.130. The van der Waals surface area contributed by atoms with Crippen LogP contribution in [0.2, 0.25) is 0 Å². The van der Waals surface area contributed by atoms with Gasteiger partial charge in [0.05, 0.1) is 0 Å². The summed E-state index contributed by atoms with van der Waals surface area (Å²) in [4.78, 5) is 13.7. The van der Waals surface area contributed by atoms with Crippen LogP contribution in [0, 0.1) is 13.8 Å². The Hall–Kier alpha value is -1.94. The number of nitrogen functional groups attached to an aromatic ring is 1. The number of rotatable bonds is 3. The molecule has 2 rings (SSSR count). The van der Waals surface area contributed by atoms with Crippen LogP contribution in [0.3, 0.4) is 0 Å². The van der Waals surface area contributed by atoms with Crippen LogP contribution >= 0.6 is 11.8 Å². The van der Waals surface area contributed by atoms with Crippen molar-refractivity contribution in [2.45, 2.75) is 44.3 Å². The highest BCUT2D eigenvalue weighted by molar-refractivity contribution is 8.00. The summed E-state index contributed by atoms with van der Waals surface area (Å²) in [6, 6.07) is 11.5. The van der Waals surface area contributed by atoms with Crippen LogP contribution < -0.4 is 11.1 Å². The highest BCUT2D eigenvalue weighted by Gasteiger charge is 2.14. The predicted octanol–water partition coefficient (Wildman–Crippen LogP) is 5.03. The summed E-state index contributed by atoms with van der Waals surface area (Å²) in [6.45, 7) is 10.5. The molecule has 0 aliphatic heterocycles. The zero-order chi connectivity index (χ0) is 17.2. The van der Waals surface area contributed by atoms with Crippen molar-refractivity contribution in [1.82, 2.24) is 0 Å². The summed E-state index contributed by atoms with van der Waals surface area (Å²) in [7, 11) is 0. The van der Waals surface area contributed by atoms with Gasteiger partial charge in [0.15, 0.2) is 0 Å². The molecule has 0 radical (unpaired) electrons. The third-order valence-corrected chi connectivity index (χ3v) is 4.48. The number of carbonyl (C=O) groups excluding carboxylic acids is 1. The van der Waals surface area contributed by atoms with Gasteiger partial charge in [-0.3, -0.25) is 4.79 Å². The van der Waals surface area contributed by atoms with E-state index in [1.165, 1.54) is 4.90 Å². The number of anilines is 2. The van der Waals surface area contributed by atoms with Gasteiger partial charge in [0.25, 0.3) is 5.91 Å². The first-order valence-corrected chi connectivity index (χ1v) is 8.44. The Morgan fingerprint density at radius 3 is 2.35 bits per heavy atom. The van der Waals surface area contributed by atoms with Gasteiger partial charge in [-0.25, -0.2) is 0 Å². The van der Waals surface area contributed by atoms with Crippen molar-refractivity contribution in [2.24, 2.45) is 0 Å². The van der Waals surface area contributed by atoms with E-state index in [1.807, 2.05) is 43.8 Å². The van der Waals surface area contributed by atoms with Crippen molar-refractivity contribution in [2.75, 3.05) is 11.1 Å². The molecule has 23 heavy (non-hydrogen) atoms. The van der Waals surface area contributed by atoms with Gasteiger partial charge in [-0.15, -0.1) is 11.8 Å². The van der Waals surface area contributed by atoms with E-state index in [1.54, 1.807) is 12.1 Å². The molecule has 1 amide bonds. The van der Waals surface area contributed by atoms with Crippen molar-refractivity contribution < 1.29 is 4.79 Å². The van der Waals surface area contributed by atoms with E-state index in [-0.39, 0.29) is 10.7 Å². The molecule has 3 N–H and O–H groups in total. The molecule has 4 heteroatoms. The minimum Gasteiger partial charge on any atom is -0.399 e. The van der Waals surface area contributed by atoms with Crippen LogP contribution in [-0.4, -0.2) is 10.7 Å². The zero-order valence-electron chi connectivity index (χ0n) is 14.4. The first-order valence-electron chi connectivity index (χ1n) is 7.63. The maximum Gasteiger partial charge on any atom is 0.256 e. The highest BCUT2D eigenvalue weighted by Crippen LogP contribution is 2.33. The number of amides is 1. The molecule has 2 aromatic carbocycles. The van der Waals surface area contributed by atoms with Gasteiger partial charge < -0.3 is 11.1 Å². The monoisotopic (exact) mass is 328 g/mol. The molecule has 0 bridgehead atoms. The Morgan fingerprint density at radius 2 is 1.74 bits per heavy atom. The molecule has 0 fully saturated rings. The molecule has 0 unspecified atom stereocenters. The number of thioether (sulfide) groups is 1. The SMILES string of the molecule is Cc1cc(SC(C)(C)C)ccc1NC(=O)c1cc(N)ccc1C. The quantitative estimate of drug-likeness (QED) is 0.614. The fourth-order valence-electron chi connectivity index (χ4n) is 2.27. The molecule has 0 spiro atoms. The summed E-state index contributed by atoms with van der Waals surface area (Å²) in [5.41, 5.74) is 9.78. The summed E-state index contributed by atoms with van der Waals surface area (Å²) >= 11 is 1.81. The number of hydrogen-bond acceptors (Lipinski definition) is 3. The molecule has 0 aromatic heterocycles. The van der Waals surface area contributed by atoms with E-state index in [2.05, 4.69) is 32.2 Å². The average molecular weight is 328 g/mol. The molecule has 2 aromatic rings. The normalized spacial score (nSPS) is 11.3. The first-order chi connectivity index (χ1) is 10.7. The molecule has 0 saturated carbocycles. The standard InChI is InChI=1S/C19H24N2OS/c1-12-6-7-14(20)11-16(12)18(22)21-17-9-8-15(10-13(17)2)23-19(3,4)5/h6-11H,20H2,1-5H3,(H,21,22). The van der Waals surface area contributed by atoms with Crippen molar-refractivity contribution in [3.63, 3.8) is 0 Å². The minimum absolute atomic E-state index is 0.130. The summed E-state index contributed by atoms with van der Waals surface area (Å²) < 4.78 is 0.163. The van der Waals surface area contributed by atoms with E-state index >= 15 is 0 Å². The molecule has 0 saturated heterocycles. The zero-order valence-corrected chi connectivity index (χ0v) is 15.2. The van der Waals surface area contributed by atoms with E-state index in [9.17, 15) is 4.79 Å². The molecule has 0 heterocycles. The second-order valence-electron chi connectivity index (χ2n) is 6.72. The number of benzene rings is 2. The van der Waals surface area contributed by atoms with E-state index in [4.69, 9.17) is 5.73 Å². The lowest BCUT2D eigenvalue weighted by atomic mass is 10.1.